The first-order chi connectivity index (χ1) is 11.0. The minimum Gasteiger partial charge on any atom is -0.493 e. The summed E-state index contributed by atoms with van der Waals surface area (Å²) in [4.78, 5) is 12.0. The Balaban J connectivity index is 1.81. The lowest BCUT2D eigenvalue weighted by atomic mass is 10.0. The molecule has 2 rings (SSSR count). The van der Waals surface area contributed by atoms with Gasteiger partial charge >= 0.3 is 0 Å². The van der Waals surface area contributed by atoms with Crippen LogP contribution in [0.2, 0.25) is 0 Å². The number of hydrogen-bond acceptors (Lipinski definition) is 3. The van der Waals surface area contributed by atoms with Crippen molar-refractivity contribution in [1.29, 1.82) is 0 Å². The highest BCUT2D eigenvalue weighted by molar-refractivity contribution is 5.92. The monoisotopic (exact) mass is 312 g/mol. The van der Waals surface area contributed by atoms with Crippen LogP contribution in [0.1, 0.15) is 37.3 Å². The Morgan fingerprint density at radius 2 is 1.87 bits per heavy atom. The number of nitrogen functional groups attached to an aromatic ring is 1. The fourth-order valence-electron chi connectivity index (χ4n) is 2.20. The molecular weight excluding hydrogens is 288 g/mol. The van der Waals surface area contributed by atoms with Gasteiger partial charge in [-0.15, -0.1) is 0 Å². The van der Waals surface area contributed by atoms with Gasteiger partial charge in [-0.3, -0.25) is 4.79 Å². The van der Waals surface area contributed by atoms with Gasteiger partial charge < -0.3 is 15.8 Å². The van der Waals surface area contributed by atoms with Gasteiger partial charge in [0.05, 0.1) is 13.0 Å². The van der Waals surface area contributed by atoms with E-state index in [1.807, 2.05) is 31.2 Å². The Bertz CT molecular complexity index is 664. The lowest BCUT2D eigenvalue weighted by Crippen LogP contribution is -2.16. The molecule has 0 heterocycles. The molecule has 0 saturated heterocycles. The quantitative estimate of drug-likeness (QED) is 0.789. The van der Waals surface area contributed by atoms with Crippen molar-refractivity contribution in [2.45, 2.75) is 33.1 Å². The largest absolute Gasteiger partial charge is 0.493 e. The predicted octanol–water partition coefficient (Wildman–Crippen LogP) is 4.11. The van der Waals surface area contributed by atoms with Crippen LogP contribution in [0.15, 0.2) is 42.5 Å². The second kappa shape index (κ2) is 7.68. The van der Waals surface area contributed by atoms with Crippen molar-refractivity contribution in [2.75, 3.05) is 17.7 Å². The number of hydrogen-bond donors (Lipinski definition) is 2. The number of nitrogens with two attached hydrogens (primary N) is 1. The van der Waals surface area contributed by atoms with Crippen LogP contribution in [0.3, 0.4) is 0 Å². The number of amides is 1. The van der Waals surface area contributed by atoms with Crippen molar-refractivity contribution in [2.24, 2.45) is 0 Å². The van der Waals surface area contributed by atoms with Crippen molar-refractivity contribution in [3.8, 4) is 5.75 Å². The summed E-state index contributed by atoms with van der Waals surface area (Å²) in [5.74, 6) is 1.19. The Hall–Kier alpha value is -2.49. The first kappa shape index (κ1) is 16.9. The molecule has 4 nitrogen and oxygen atoms in total. The molecule has 2 aromatic carbocycles. The standard InChI is InChI=1S/C19H24N2O2/c1-13(2)15-5-8-17(9-6-15)23-11-10-19(22)21-18-12-16(20)7-4-14(18)3/h4-9,12-13H,10-11,20H2,1-3H3,(H,21,22). The molecule has 0 unspecified atom stereocenters. The van der Waals surface area contributed by atoms with Gasteiger partial charge in [-0.1, -0.05) is 32.0 Å². The van der Waals surface area contributed by atoms with Gasteiger partial charge in [0.2, 0.25) is 5.91 Å². The predicted molar refractivity (Wildman–Crippen MR) is 94.9 cm³/mol. The number of carbonyl (C=O) groups is 1. The summed E-state index contributed by atoms with van der Waals surface area (Å²) in [6, 6.07) is 13.4. The van der Waals surface area contributed by atoms with Crippen molar-refractivity contribution in [1.82, 2.24) is 0 Å². The number of rotatable bonds is 6. The number of nitrogens with one attached hydrogen (secondary N) is 1. The van der Waals surface area contributed by atoms with Crippen molar-refractivity contribution in [3.05, 3.63) is 53.6 Å². The third-order valence-corrected chi connectivity index (χ3v) is 3.68. The van der Waals surface area contributed by atoms with E-state index in [1.165, 1.54) is 5.56 Å². The number of benzene rings is 2. The minimum absolute atomic E-state index is 0.0856. The summed E-state index contributed by atoms with van der Waals surface area (Å²) in [6.07, 6.45) is 0.292. The highest BCUT2D eigenvalue weighted by Gasteiger charge is 2.06. The fourth-order valence-corrected chi connectivity index (χ4v) is 2.20. The molecule has 0 aliphatic heterocycles. The van der Waals surface area contributed by atoms with Gasteiger partial charge in [-0.2, -0.15) is 0 Å². The molecule has 0 fully saturated rings. The highest BCUT2D eigenvalue weighted by atomic mass is 16.5. The molecule has 1 amide bonds. The van der Waals surface area contributed by atoms with Crippen LogP contribution in [0.4, 0.5) is 11.4 Å². The molecule has 2 aromatic rings. The van der Waals surface area contributed by atoms with Crippen LogP contribution in [0.5, 0.6) is 5.75 Å². The van der Waals surface area contributed by atoms with E-state index in [9.17, 15) is 4.79 Å². The SMILES string of the molecule is Cc1ccc(N)cc1NC(=O)CCOc1ccc(C(C)C)cc1. The van der Waals surface area contributed by atoms with Crippen molar-refractivity contribution >= 4 is 17.3 Å². The molecule has 0 saturated carbocycles. The summed E-state index contributed by atoms with van der Waals surface area (Å²) in [6.45, 7) is 6.58. The fraction of sp³-hybridized carbons (Fsp3) is 0.316. The van der Waals surface area contributed by atoms with E-state index in [-0.39, 0.29) is 5.91 Å². The van der Waals surface area contributed by atoms with Gasteiger partial charge in [0.25, 0.3) is 0 Å². The normalized spacial score (nSPS) is 10.6. The third kappa shape index (κ3) is 5.02. The molecule has 0 aromatic heterocycles. The Kier molecular flexibility index (Phi) is 5.63. The molecule has 0 bridgehead atoms. The van der Waals surface area contributed by atoms with Gasteiger partial charge in [-0.05, 0) is 48.2 Å². The van der Waals surface area contributed by atoms with E-state index in [0.29, 0.717) is 24.6 Å². The maximum Gasteiger partial charge on any atom is 0.227 e. The summed E-state index contributed by atoms with van der Waals surface area (Å²) >= 11 is 0. The molecule has 0 atom stereocenters. The molecule has 23 heavy (non-hydrogen) atoms. The van der Waals surface area contributed by atoms with Gasteiger partial charge in [-0.25, -0.2) is 0 Å². The maximum absolute atomic E-state index is 12.0. The Morgan fingerprint density at radius 3 is 2.52 bits per heavy atom. The first-order valence-electron chi connectivity index (χ1n) is 7.84. The second-order valence-corrected chi connectivity index (χ2v) is 5.94. The van der Waals surface area contributed by atoms with E-state index in [0.717, 1.165) is 17.0 Å². The lowest BCUT2D eigenvalue weighted by Gasteiger charge is -2.11. The molecule has 122 valence electrons. The van der Waals surface area contributed by atoms with Crippen molar-refractivity contribution < 1.29 is 9.53 Å². The Labute approximate surface area is 137 Å². The van der Waals surface area contributed by atoms with Crippen LogP contribution < -0.4 is 15.8 Å². The lowest BCUT2D eigenvalue weighted by molar-refractivity contribution is -0.116. The molecular formula is C19H24N2O2. The molecule has 0 spiro atoms. The molecule has 0 radical (unpaired) electrons. The minimum atomic E-state index is -0.0856. The number of carbonyl (C=O) groups excluding carboxylic acids is 1. The third-order valence-electron chi connectivity index (χ3n) is 3.68. The topological polar surface area (TPSA) is 64.3 Å². The average Bonchev–Trinajstić information content (AvgIpc) is 2.51. The summed E-state index contributed by atoms with van der Waals surface area (Å²) in [5.41, 5.74) is 9.37. The molecule has 3 N–H and O–H groups in total. The van der Waals surface area contributed by atoms with E-state index in [2.05, 4.69) is 31.3 Å². The van der Waals surface area contributed by atoms with Crippen molar-refractivity contribution in [3.63, 3.8) is 0 Å². The van der Waals surface area contributed by atoms with Crippen LogP contribution in [-0.4, -0.2) is 12.5 Å². The van der Waals surface area contributed by atoms with Crippen LogP contribution in [0, 0.1) is 6.92 Å². The summed E-state index contributed by atoms with van der Waals surface area (Å²) < 4.78 is 5.62. The molecule has 0 aliphatic carbocycles. The number of anilines is 2. The van der Waals surface area contributed by atoms with Crippen LogP contribution >= 0.6 is 0 Å². The summed E-state index contributed by atoms with van der Waals surface area (Å²) in [5, 5.41) is 2.86. The average molecular weight is 312 g/mol. The van der Waals surface area contributed by atoms with Crippen LogP contribution in [0.25, 0.3) is 0 Å². The Morgan fingerprint density at radius 1 is 1.17 bits per heavy atom. The zero-order valence-electron chi connectivity index (χ0n) is 13.9. The zero-order chi connectivity index (χ0) is 16.8. The van der Waals surface area contributed by atoms with Gasteiger partial charge in [0.1, 0.15) is 5.75 Å². The molecule has 4 heteroatoms. The molecule has 0 aliphatic rings. The van der Waals surface area contributed by atoms with Gasteiger partial charge in [0.15, 0.2) is 0 Å². The van der Waals surface area contributed by atoms with E-state index >= 15 is 0 Å². The number of aryl methyl sites for hydroxylation is 1. The van der Waals surface area contributed by atoms with E-state index in [4.69, 9.17) is 10.5 Å². The second-order valence-electron chi connectivity index (χ2n) is 5.94. The number of ether oxygens (including phenoxy) is 1. The van der Waals surface area contributed by atoms with Crippen LogP contribution in [-0.2, 0) is 4.79 Å². The zero-order valence-corrected chi connectivity index (χ0v) is 13.9. The first-order valence-corrected chi connectivity index (χ1v) is 7.84. The van der Waals surface area contributed by atoms with E-state index in [1.54, 1.807) is 6.07 Å². The smallest absolute Gasteiger partial charge is 0.227 e. The van der Waals surface area contributed by atoms with Gasteiger partial charge in [0, 0.05) is 11.4 Å². The van der Waals surface area contributed by atoms with E-state index < -0.39 is 0 Å². The highest BCUT2D eigenvalue weighted by Crippen LogP contribution is 2.20. The summed E-state index contributed by atoms with van der Waals surface area (Å²) in [7, 11) is 0. The maximum atomic E-state index is 12.0.